The van der Waals surface area contributed by atoms with Crippen LogP contribution in [0.1, 0.15) is 59.3 Å². The standard InChI is InChI=1S/C15H29N/c1-4-6-8-11-15(14(3)5-2)12-9-7-10-13-16/h6,8,11,14H,4-5,7,9-10,12-13,16H2,1-3H3/b8-6-,15-11-. The number of hydrogen-bond donors (Lipinski definition) is 1. The molecular weight excluding hydrogens is 194 g/mol. The lowest BCUT2D eigenvalue weighted by Crippen LogP contribution is -2.00. The lowest BCUT2D eigenvalue weighted by molar-refractivity contribution is 0.591. The van der Waals surface area contributed by atoms with Crippen LogP contribution in [0.25, 0.3) is 0 Å². The van der Waals surface area contributed by atoms with Crippen molar-refractivity contribution in [2.75, 3.05) is 6.54 Å². The van der Waals surface area contributed by atoms with Crippen LogP contribution in [0, 0.1) is 5.92 Å². The van der Waals surface area contributed by atoms with Crippen LogP contribution < -0.4 is 5.73 Å². The van der Waals surface area contributed by atoms with Gasteiger partial charge < -0.3 is 5.73 Å². The number of rotatable bonds is 9. The quantitative estimate of drug-likeness (QED) is 0.454. The minimum absolute atomic E-state index is 0.722. The van der Waals surface area contributed by atoms with Gasteiger partial charge >= 0.3 is 0 Å². The average molecular weight is 223 g/mol. The normalized spacial score (nSPS) is 14.6. The zero-order chi connectivity index (χ0) is 12.2. The van der Waals surface area contributed by atoms with Gasteiger partial charge in [-0.15, -0.1) is 0 Å². The van der Waals surface area contributed by atoms with Gasteiger partial charge in [0.25, 0.3) is 0 Å². The number of hydrogen-bond acceptors (Lipinski definition) is 1. The zero-order valence-corrected chi connectivity index (χ0v) is 11.3. The molecular formula is C15H29N. The molecule has 0 bridgehead atoms. The summed E-state index contributed by atoms with van der Waals surface area (Å²) in [6.45, 7) is 7.60. The molecule has 1 atom stereocenters. The van der Waals surface area contributed by atoms with Crippen LogP contribution >= 0.6 is 0 Å². The van der Waals surface area contributed by atoms with Crippen molar-refractivity contribution in [3.63, 3.8) is 0 Å². The second-order valence-corrected chi connectivity index (χ2v) is 4.49. The van der Waals surface area contributed by atoms with Crippen LogP contribution in [0.2, 0.25) is 0 Å². The molecule has 0 aliphatic rings. The molecule has 1 heteroatoms. The summed E-state index contributed by atoms with van der Waals surface area (Å²) in [5.41, 5.74) is 7.10. The van der Waals surface area contributed by atoms with Gasteiger partial charge in [-0.2, -0.15) is 0 Å². The molecule has 0 aliphatic heterocycles. The molecule has 0 aromatic carbocycles. The fraction of sp³-hybridized carbons (Fsp3) is 0.733. The molecule has 0 aromatic rings. The molecule has 0 aliphatic carbocycles. The third kappa shape index (κ3) is 7.70. The van der Waals surface area contributed by atoms with Gasteiger partial charge in [-0.3, -0.25) is 0 Å². The molecule has 0 radical (unpaired) electrons. The van der Waals surface area contributed by atoms with Gasteiger partial charge in [-0.05, 0) is 44.6 Å². The van der Waals surface area contributed by atoms with Crippen LogP contribution in [0.3, 0.4) is 0 Å². The molecule has 0 heterocycles. The van der Waals surface area contributed by atoms with E-state index in [1.165, 1.54) is 32.1 Å². The fourth-order valence-corrected chi connectivity index (χ4v) is 1.73. The molecule has 2 N–H and O–H groups in total. The van der Waals surface area contributed by atoms with Gasteiger partial charge in [0.1, 0.15) is 0 Å². The van der Waals surface area contributed by atoms with E-state index in [1.54, 1.807) is 5.57 Å². The second kappa shape index (κ2) is 10.9. The first-order valence-corrected chi connectivity index (χ1v) is 6.81. The Morgan fingerprint density at radius 1 is 1.19 bits per heavy atom. The van der Waals surface area contributed by atoms with E-state index in [2.05, 4.69) is 39.0 Å². The lowest BCUT2D eigenvalue weighted by atomic mass is 9.93. The Hall–Kier alpha value is -0.560. The average Bonchev–Trinajstić information content (AvgIpc) is 2.31. The van der Waals surface area contributed by atoms with E-state index < -0.39 is 0 Å². The first-order chi connectivity index (χ1) is 7.76. The summed E-state index contributed by atoms with van der Waals surface area (Å²) < 4.78 is 0. The van der Waals surface area contributed by atoms with Crippen molar-refractivity contribution in [3.05, 3.63) is 23.8 Å². The minimum Gasteiger partial charge on any atom is -0.330 e. The van der Waals surface area contributed by atoms with Gasteiger partial charge in [0, 0.05) is 0 Å². The molecule has 0 aromatic heterocycles. The SMILES string of the molecule is CC/C=C\C=C(\CCCCCN)C(C)CC. The van der Waals surface area contributed by atoms with Crippen molar-refractivity contribution >= 4 is 0 Å². The van der Waals surface area contributed by atoms with Crippen molar-refractivity contribution < 1.29 is 0 Å². The highest BCUT2D eigenvalue weighted by Crippen LogP contribution is 2.20. The van der Waals surface area contributed by atoms with Crippen molar-refractivity contribution in [3.8, 4) is 0 Å². The maximum absolute atomic E-state index is 5.50. The molecule has 0 saturated heterocycles. The Labute approximate surface area is 102 Å². The van der Waals surface area contributed by atoms with Gasteiger partial charge in [0.15, 0.2) is 0 Å². The summed E-state index contributed by atoms with van der Waals surface area (Å²) in [5.74, 6) is 0.722. The highest BCUT2D eigenvalue weighted by molar-refractivity contribution is 5.14. The first kappa shape index (κ1) is 15.4. The van der Waals surface area contributed by atoms with E-state index in [-0.39, 0.29) is 0 Å². The Morgan fingerprint density at radius 2 is 1.94 bits per heavy atom. The second-order valence-electron chi connectivity index (χ2n) is 4.49. The summed E-state index contributed by atoms with van der Waals surface area (Å²) in [5, 5.41) is 0. The van der Waals surface area contributed by atoms with E-state index in [0.717, 1.165) is 18.9 Å². The van der Waals surface area contributed by atoms with E-state index >= 15 is 0 Å². The zero-order valence-electron chi connectivity index (χ0n) is 11.3. The third-order valence-electron chi connectivity index (χ3n) is 3.10. The van der Waals surface area contributed by atoms with Crippen LogP contribution in [0.5, 0.6) is 0 Å². The summed E-state index contributed by atoms with van der Waals surface area (Å²) in [6.07, 6.45) is 14.1. The van der Waals surface area contributed by atoms with E-state index in [0.29, 0.717) is 0 Å². The number of unbranched alkanes of at least 4 members (excludes halogenated alkanes) is 2. The van der Waals surface area contributed by atoms with Crippen molar-refractivity contribution in [2.24, 2.45) is 11.7 Å². The Balaban J connectivity index is 4.10. The number of allylic oxidation sites excluding steroid dienone is 4. The Bertz CT molecular complexity index is 203. The van der Waals surface area contributed by atoms with E-state index in [9.17, 15) is 0 Å². The molecule has 1 unspecified atom stereocenters. The Kier molecular flexibility index (Phi) is 10.6. The largest absolute Gasteiger partial charge is 0.330 e. The predicted octanol–water partition coefficient (Wildman–Crippen LogP) is 4.44. The molecule has 0 spiro atoms. The first-order valence-electron chi connectivity index (χ1n) is 6.81. The maximum Gasteiger partial charge on any atom is -0.00773 e. The van der Waals surface area contributed by atoms with Gasteiger partial charge in [-0.25, -0.2) is 0 Å². The van der Waals surface area contributed by atoms with Crippen LogP contribution in [0.15, 0.2) is 23.8 Å². The van der Waals surface area contributed by atoms with Crippen LogP contribution in [-0.2, 0) is 0 Å². The molecule has 0 rings (SSSR count). The molecule has 0 amide bonds. The third-order valence-corrected chi connectivity index (χ3v) is 3.10. The number of nitrogens with two attached hydrogens (primary N) is 1. The van der Waals surface area contributed by atoms with Crippen molar-refractivity contribution in [2.45, 2.75) is 59.3 Å². The maximum atomic E-state index is 5.50. The van der Waals surface area contributed by atoms with E-state index in [1.807, 2.05) is 0 Å². The van der Waals surface area contributed by atoms with Crippen molar-refractivity contribution in [1.29, 1.82) is 0 Å². The topological polar surface area (TPSA) is 26.0 Å². The fourth-order valence-electron chi connectivity index (χ4n) is 1.73. The summed E-state index contributed by atoms with van der Waals surface area (Å²) in [7, 11) is 0. The molecule has 0 fully saturated rings. The minimum atomic E-state index is 0.722. The van der Waals surface area contributed by atoms with E-state index in [4.69, 9.17) is 5.73 Å². The monoisotopic (exact) mass is 223 g/mol. The molecule has 16 heavy (non-hydrogen) atoms. The molecule has 1 nitrogen and oxygen atoms in total. The highest BCUT2D eigenvalue weighted by atomic mass is 14.5. The summed E-state index contributed by atoms with van der Waals surface area (Å²) in [4.78, 5) is 0. The molecule has 94 valence electrons. The van der Waals surface area contributed by atoms with Gasteiger partial charge in [0.2, 0.25) is 0 Å². The molecule has 0 saturated carbocycles. The van der Waals surface area contributed by atoms with Crippen molar-refractivity contribution in [1.82, 2.24) is 0 Å². The van der Waals surface area contributed by atoms with Gasteiger partial charge in [-0.1, -0.05) is 51.0 Å². The van der Waals surface area contributed by atoms with Gasteiger partial charge in [0.05, 0.1) is 0 Å². The van der Waals surface area contributed by atoms with Crippen LogP contribution in [-0.4, -0.2) is 6.54 Å². The Morgan fingerprint density at radius 3 is 2.50 bits per heavy atom. The smallest absolute Gasteiger partial charge is 0.00773 e. The lowest BCUT2D eigenvalue weighted by Gasteiger charge is -2.13. The predicted molar refractivity (Wildman–Crippen MR) is 74.5 cm³/mol. The highest BCUT2D eigenvalue weighted by Gasteiger charge is 2.05. The summed E-state index contributed by atoms with van der Waals surface area (Å²) in [6, 6.07) is 0. The van der Waals surface area contributed by atoms with Crippen LogP contribution in [0.4, 0.5) is 0 Å². The summed E-state index contributed by atoms with van der Waals surface area (Å²) >= 11 is 0.